The minimum absolute atomic E-state index is 0.0493. The molecule has 2 amide bonds. The van der Waals surface area contributed by atoms with E-state index in [0.717, 1.165) is 0 Å². The highest BCUT2D eigenvalue weighted by molar-refractivity contribution is 5.86. The van der Waals surface area contributed by atoms with Crippen LogP contribution in [0, 0.1) is 0 Å². The van der Waals surface area contributed by atoms with E-state index in [9.17, 15) is 9.59 Å². The first kappa shape index (κ1) is 12.7. The van der Waals surface area contributed by atoms with Crippen molar-refractivity contribution in [3.8, 4) is 0 Å². The molecule has 1 saturated heterocycles. The van der Waals surface area contributed by atoms with Crippen LogP contribution in [0.3, 0.4) is 0 Å². The zero-order chi connectivity index (χ0) is 12.0. The quantitative estimate of drug-likeness (QED) is 0.520. The van der Waals surface area contributed by atoms with Gasteiger partial charge in [0.2, 0.25) is 5.91 Å². The molecule has 0 aromatic carbocycles. The molecular formula is C9H17N3O4. The average Bonchev–Trinajstić information content (AvgIpc) is 2.25. The van der Waals surface area contributed by atoms with E-state index in [0.29, 0.717) is 26.1 Å². The lowest BCUT2D eigenvalue weighted by molar-refractivity contribution is -0.129. The van der Waals surface area contributed by atoms with Crippen LogP contribution in [0.5, 0.6) is 0 Å². The molecule has 1 heterocycles. The van der Waals surface area contributed by atoms with Crippen molar-refractivity contribution in [2.75, 3.05) is 26.4 Å². The maximum Gasteiger partial charge on any atom is 0.404 e. The van der Waals surface area contributed by atoms with Crippen molar-refractivity contribution in [1.29, 1.82) is 0 Å². The Morgan fingerprint density at radius 3 is 2.56 bits per heavy atom. The van der Waals surface area contributed by atoms with Gasteiger partial charge in [-0.3, -0.25) is 4.79 Å². The number of hydrogen-bond acceptors (Lipinski definition) is 5. The zero-order valence-electron chi connectivity index (χ0n) is 9.03. The third-order valence-corrected chi connectivity index (χ3v) is 2.47. The maximum absolute atomic E-state index is 11.7. The summed E-state index contributed by atoms with van der Waals surface area (Å²) >= 11 is 0. The number of hydrogen-bond donors (Lipinski definition) is 3. The largest absolute Gasteiger partial charge is 0.448 e. The number of primary amides is 1. The highest BCUT2D eigenvalue weighted by Crippen LogP contribution is 2.17. The van der Waals surface area contributed by atoms with Crippen molar-refractivity contribution in [3.05, 3.63) is 0 Å². The Kier molecular flexibility index (Phi) is 4.51. The van der Waals surface area contributed by atoms with Gasteiger partial charge >= 0.3 is 6.09 Å². The van der Waals surface area contributed by atoms with Crippen LogP contribution in [-0.4, -0.2) is 43.9 Å². The van der Waals surface area contributed by atoms with Crippen LogP contribution in [0.25, 0.3) is 0 Å². The van der Waals surface area contributed by atoms with E-state index in [1.807, 2.05) is 0 Å². The smallest absolute Gasteiger partial charge is 0.404 e. The van der Waals surface area contributed by atoms with Crippen molar-refractivity contribution >= 4 is 12.0 Å². The molecule has 0 aromatic rings. The Morgan fingerprint density at radius 1 is 1.38 bits per heavy atom. The molecule has 0 atom stereocenters. The van der Waals surface area contributed by atoms with Crippen LogP contribution in [0.15, 0.2) is 0 Å². The van der Waals surface area contributed by atoms with E-state index in [1.165, 1.54) is 0 Å². The molecule has 0 spiro atoms. The lowest BCUT2D eigenvalue weighted by atomic mass is 9.90. The third kappa shape index (κ3) is 3.67. The van der Waals surface area contributed by atoms with Gasteiger partial charge < -0.3 is 26.3 Å². The number of carbonyl (C=O) groups excluding carboxylic acids is 2. The number of rotatable bonds is 4. The minimum atomic E-state index is -0.870. The fourth-order valence-corrected chi connectivity index (χ4v) is 1.45. The third-order valence-electron chi connectivity index (χ3n) is 2.47. The van der Waals surface area contributed by atoms with Crippen molar-refractivity contribution in [2.24, 2.45) is 11.5 Å². The first-order chi connectivity index (χ1) is 7.54. The minimum Gasteiger partial charge on any atom is -0.448 e. The van der Waals surface area contributed by atoms with Gasteiger partial charge in [-0.05, 0) is 12.8 Å². The molecule has 0 aliphatic carbocycles. The van der Waals surface area contributed by atoms with Crippen molar-refractivity contribution < 1.29 is 19.1 Å². The number of carbonyl (C=O) groups is 2. The molecule has 92 valence electrons. The maximum atomic E-state index is 11.7. The Hall–Kier alpha value is -1.34. The van der Waals surface area contributed by atoms with Gasteiger partial charge in [-0.25, -0.2) is 4.79 Å². The molecule has 0 radical (unpaired) electrons. The predicted molar refractivity (Wildman–Crippen MR) is 55.5 cm³/mol. The highest BCUT2D eigenvalue weighted by Gasteiger charge is 2.35. The second kappa shape index (κ2) is 5.66. The molecule has 7 heteroatoms. The number of amides is 2. The summed E-state index contributed by atoms with van der Waals surface area (Å²) in [5, 5.41) is 2.60. The second-order valence-electron chi connectivity index (χ2n) is 3.69. The molecule has 16 heavy (non-hydrogen) atoms. The molecule has 1 aliphatic rings. The second-order valence-corrected chi connectivity index (χ2v) is 3.69. The van der Waals surface area contributed by atoms with Crippen molar-refractivity contribution in [2.45, 2.75) is 18.4 Å². The molecule has 0 aromatic heterocycles. The van der Waals surface area contributed by atoms with E-state index < -0.39 is 11.6 Å². The summed E-state index contributed by atoms with van der Waals surface area (Å²) in [7, 11) is 0. The SMILES string of the molecule is NC(=O)OCCNC(=O)C1(N)CCOCC1. The summed E-state index contributed by atoms with van der Waals surface area (Å²) in [6.45, 7) is 1.23. The van der Waals surface area contributed by atoms with Gasteiger partial charge in [-0.2, -0.15) is 0 Å². The van der Waals surface area contributed by atoms with Crippen LogP contribution >= 0.6 is 0 Å². The monoisotopic (exact) mass is 231 g/mol. The van der Waals surface area contributed by atoms with E-state index in [2.05, 4.69) is 10.1 Å². The highest BCUT2D eigenvalue weighted by atomic mass is 16.5. The van der Waals surface area contributed by atoms with Crippen LogP contribution in [0.1, 0.15) is 12.8 Å². The lowest BCUT2D eigenvalue weighted by Gasteiger charge is -2.31. The average molecular weight is 231 g/mol. The van der Waals surface area contributed by atoms with Gasteiger partial charge in [0.15, 0.2) is 0 Å². The summed E-state index contributed by atoms with van der Waals surface area (Å²) in [4.78, 5) is 22.0. The van der Waals surface area contributed by atoms with Gasteiger partial charge in [0, 0.05) is 13.2 Å². The summed E-state index contributed by atoms with van der Waals surface area (Å²) in [5.41, 5.74) is 9.81. The van der Waals surface area contributed by atoms with E-state index in [4.69, 9.17) is 16.2 Å². The topological polar surface area (TPSA) is 117 Å². The van der Waals surface area contributed by atoms with Crippen LogP contribution in [-0.2, 0) is 14.3 Å². The summed E-state index contributed by atoms with van der Waals surface area (Å²) in [6, 6.07) is 0. The van der Waals surface area contributed by atoms with Gasteiger partial charge in [-0.15, -0.1) is 0 Å². The molecule has 1 rings (SSSR count). The normalized spacial score (nSPS) is 18.8. The van der Waals surface area contributed by atoms with Crippen LogP contribution in [0.4, 0.5) is 4.79 Å². The van der Waals surface area contributed by atoms with Gasteiger partial charge in [0.05, 0.1) is 12.1 Å². The first-order valence-corrected chi connectivity index (χ1v) is 5.12. The molecule has 1 fully saturated rings. The molecule has 0 saturated carbocycles. The molecule has 7 nitrogen and oxygen atoms in total. The molecular weight excluding hydrogens is 214 g/mol. The van der Waals surface area contributed by atoms with Gasteiger partial charge in [0.1, 0.15) is 6.61 Å². The number of nitrogens with two attached hydrogens (primary N) is 2. The fraction of sp³-hybridized carbons (Fsp3) is 0.778. The Bertz CT molecular complexity index is 263. The summed E-state index contributed by atoms with van der Waals surface area (Å²) in [6.07, 6.45) is 0.133. The Balaban J connectivity index is 2.25. The zero-order valence-corrected chi connectivity index (χ0v) is 9.03. The van der Waals surface area contributed by atoms with Crippen LogP contribution < -0.4 is 16.8 Å². The number of ether oxygens (including phenoxy) is 2. The Labute approximate surface area is 93.4 Å². The molecule has 0 bridgehead atoms. The molecule has 1 aliphatic heterocycles. The van der Waals surface area contributed by atoms with E-state index in [1.54, 1.807) is 0 Å². The van der Waals surface area contributed by atoms with E-state index in [-0.39, 0.29) is 19.1 Å². The Morgan fingerprint density at radius 2 is 2.00 bits per heavy atom. The van der Waals surface area contributed by atoms with Crippen LogP contribution in [0.2, 0.25) is 0 Å². The van der Waals surface area contributed by atoms with E-state index >= 15 is 0 Å². The van der Waals surface area contributed by atoms with Gasteiger partial charge in [0.25, 0.3) is 0 Å². The van der Waals surface area contributed by atoms with Crippen molar-refractivity contribution in [3.63, 3.8) is 0 Å². The first-order valence-electron chi connectivity index (χ1n) is 5.12. The molecule has 0 unspecified atom stereocenters. The van der Waals surface area contributed by atoms with Gasteiger partial charge in [-0.1, -0.05) is 0 Å². The lowest BCUT2D eigenvalue weighted by Crippen LogP contribution is -2.57. The fourth-order valence-electron chi connectivity index (χ4n) is 1.45. The van der Waals surface area contributed by atoms with Crippen molar-refractivity contribution in [1.82, 2.24) is 5.32 Å². The predicted octanol–water partition coefficient (Wildman–Crippen LogP) is -1.29. The summed E-state index contributed by atoms with van der Waals surface area (Å²) < 4.78 is 9.60. The standard InChI is InChI=1S/C9H17N3O4/c10-8(14)16-6-3-12-7(13)9(11)1-4-15-5-2-9/h1-6,11H2,(H2,10,14)(H,12,13). The summed E-state index contributed by atoms with van der Waals surface area (Å²) in [5.74, 6) is -0.246. The molecule has 5 N–H and O–H groups in total. The number of nitrogens with one attached hydrogen (secondary N) is 1.